The van der Waals surface area contributed by atoms with Crippen LogP contribution in [-0.2, 0) is 15.3 Å². The topological polar surface area (TPSA) is 81.1 Å². The van der Waals surface area contributed by atoms with Gasteiger partial charge in [-0.15, -0.1) is 11.8 Å². The van der Waals surface area contributed by atoms with Crippen molar-refractivity contribution in [2.45, 2.75) is 43.5 Å². The number of amides is 1. The van der Waals surface area contributed by atoms with Gasteiger partial charge in [-0.25, -0.2) is 0 Å². The summed E-state index contributed by atoms with van der Waals surface area (Å²) in [7, 11) is 0. The van der Waals surface area contributed by atoms with E-state index in [0.717, 1.165) is 16.9 Å². The lowest BCUT2D eigenvalue weighted by Crippen LogP contribution is -2.57. The van der Waals surface area contributed by atoms with E-state index in [2.05, 4.69) is 29.3 Å². The zero-order chi connectivity index (χ0) is 25.4. The van der Waals surface area contributed by atoms with Crippen LogP contribution in [0.25, 0.3) is 0 Å². The monoisotopic (exact) mass is 505 g/mol. The number of nitrogens with zero attached hydrogens (tertiary/aromatic N) is 3. The predicted molar refractivity (Wildman–Crippen MR) is 137 cm³/mol. The van der Waals surface area contributed by atoms with Crippen molar-refractivity contribution in [3.63, 3.8) is 0 Å². The van der Waals surface area contributed by atoms with Gasteiger partial charge in [-0.2, -0.15) is 0 Å². The maximum absolute atomic E-state index is 13.7. The highest BCUT2D eigenvalue weighted by atomic mass is 32.2. The summed E-state index contributed by atoms with van der Waals surface area (Å²) in [6.45, 7) is 4.99. The lowest BCUT2D eigenvalue weighted by atomic mass is 9.94. The van der Waals surface area contributed by atoms with E-state index < -0.39 is 18.2 Å². The number of benzene rings is 2. The van der Waals surface area contributed by atoms with Crippen LogP contribution in [0, 0.1) is 0 Å². The van der Waals surface area contributed by atoms with Crippen LogP contribution in [0.2, 0.25) is 0 Å². The maximum atomic E-state index is 13.7. The summed E-state index contributed by atoms with van der Waals surface area (Å²) in [6.07, 6.45) is 1.62. The molecule has 1 aromatic heterocycles. The minimum absolute atomic E-state index is 0.112. The van der Waals surface area contributed by atoms with Gasteiger partial charge in [0.05, 0.1) is 6.04 Å². The minimum atomic E-state index is -0.541. The Morgan fingerprint density at radius 2 is 1.78 bits per heavy atom. The maximum Gasteiger partial charge on any atom is 0.305 e. The Balaban J connectivity index is 1.72. The van der Waals surface area contributed by atoms with Crippen LogP contribution in [0.15, 0.2) is 70.5 Å². The first-order valence-corrected chi connectivity index (χ1v) is 12.7. The molecule has 36 heavy (non-hydrogen) atoms. The molecule has 0 spiro atoms. The van der Waals surface area contributed by atoms with E-state index in [0.29, 0.717) is 6.67 Å². The summed E-state index contributed by atoms with van der Waals surface area (Å²) < 4.78 is 12.2. The molecular formula is C27H27N3O5S. The number of fused-ring (bicyclic) bond motifs is 3. The van der Waals surface area contributed by atoms with E-state index in [4.69, 9.17) is 9.47 Å². The van der Waals surface area contributed by atoms with Crippen LogP contribution in [0.4, 0.5) is 0 Å². The standard InChI is InChI=1S/C27H27N3O5S/c1-17(2)28-15-30(29-13-12-22(32)26(25(29)27(28)33)35-16-34-18(3)31)24-20-9-5-4-8-19(20)14-36-23-11-7-6-10-21(23)24/h4-13,17,24H,14-16H2,1-3H3. The highest BCUT2D eigenvalue weighted by Crippen LogP contribution is 2.42. The first kappa shape index (κ1) is 24.0. The number of rotatable bonds is 5. The fraction of sp³-hybridized carbons (Fsp3) is 0.296. The van der Waals surface area contributed by atoms with E-state index >= 15 is 0 Å². The third kappa shape index (κ3) is 4.24. The van der Waals surface area contributed by atoms with E-state index in [1.807, 2.05) is 38.1 Å². The van der Waals surface area contributed by atoms with Gasteiger partial charge in [0.15, 0.2) is 5.69 Å². The molecule has 0 fully saturated rings. The van der Waals surface area contributed by atoms with Gasteiger partial charge in [0.1, 0.15) is 6.67 Å². The van der Waals surface area contributed by atoms with Gasteiger partial charge in [0.25, 0.3) is 5.91 Å². The van der Waals surface area contributed by atoms with Crippen molar-refractivity contribution in [2.75, 3.05) is 18.5 Å². The molecule has 0 bridgehead atoms. The smallest absolute Gasteiger partial charge is 0.305 e. The van der Waals surface area contributed by atoms with Gasteiger partial charge in [-0.1, -0.05) is 42.5 Å². The Morgan fingerprint density at radius 3 is 2.53 bits per heavy atom. The van der Waals surface area contributed by atoms with Gasteiger partial charge >= 0.3 is 5.97 Å². The van der Waals surface area contributed by atoms with Crippen LogP contribution in [0.5, 0.6) is 5.75 Å². The van der Waals surface area contributed by atoms with Crippen molar-refractivity contribution in [1.29, 1.82) is 0 Å². The second-order valence-electron chi connectivity index (χ2n) is 8.98. The number of ether oxygens (including phenoxy) is 2. The number of esters is 1. The second kappa shape index (κ2) is 9.73. The predicted octanol–water partition coefficient (Wildman–Crippen LogP) is 3.90. The summed E-state index contributed by atoms with van der Waals surface area (Å²) >= 11 is 1.79. The summed E-state index contributed by atoms with van der Waals surface area (Å²) in [6, 6.07) is 17.6. The molecule has 0 radical (unpaired) electrons. The minimum Gasteiger partial charge on any atom is -0.451 e. The average molecular weight is 506 g/mol. The fourth-order valence-corrected chi connectivity index (χ4v) is 5.77. The molecule has 0 saturated carbocycles. The molecule has 2 aromatic carbocycles. The fourth-order valence-electron chi connectivity index (χ4n) is 4.67. The summed E-state index contributed by atoms with van der Waals surface area (Å²) in [5, 5.41) is 2.10. The van der Waals surface area contributed by atoms with E-state index in [1.165, 1.54) is 23.4 Å². The summed E-state index contributed by atoms with van der Waals surface area (Å²) in [5.41, 5.74) is 3.13. The molecular weight excluding hydrogens is 478 g/mol. The first-order chi connectivity index (χ1) is 17.4. The molecule has 9 heteroatoms. The molecule has 5 rings (SSSR count). The molecule has 2 aliphatic rings. The quantitative estimate of drug-likeness (QED) is 0.384. The molecule has 0 aliphatic carbocycles. The highest BCUT2D eigenvalue weighted by molar-refractivity contribution is 7.98. The number of carbonyl (C=O) groups excluding carboxylic acids is 2. The Kier molecular flexibility index (Phi) is 6.49. The largest absolute Gasteiger partial charge is 0.451 e. The van der Waals surface area contributed by atoms with Crippen LogP contribution in [0.1, 0.15) is 54.0 Å². The molecule has 0 saturated heterocycles. The summed E-state index contributed by atoms with van der Waals surface area (Å²) in [4.78, 5) is 40.7. The number of aromatic nitrogens is 1. The number of pyridine rings is 1. The average Bonchev–Trinajstić information content (AvgIpc) is 3.02. The SMILES string of the molecule is CC(=O)OCOc1c2n(ccc1=O)N(C1c3ccccc3CSc3ccccc31)CN(C(C)C)C2=O. The van der Waals surface area contributed by atoms with Crippen molar-refractivity contribution in [1.82, 2.24) is 9.58 Å². The molecule has 1 unspecified atom stereocenters. The van der Waals surface area contributed by atoms with Gasteiger partial charge in [-0.3, -0.25) is 24.1 Å². The van der Waals surface area contributed by atoms with Gasteiger partial charge in [0, 0.05) is 35.9 Å². The molecule has 8 nitrogen and oxygen atoms in total. The van der Waals surface area contributed by atoms with E-state index in [-0.39, 0.29) is 29.4 Å². The second-order valence-corrected chi connectivity index (χ2v) is 10.00. The van der Waals surface area contributed by atoms with Crippen molar-refractivity contribution in [2.24, 2.45) is 0 Å². The number of thioether (sulfide) groups is 1. The Labute approximate surface area is 213 Å². The van der Waals surface area contributed by atoms with Crippen molar-refractivity contribution in [3.8, 4) is 5.75 Å². The first-order valence-electron chi connectivity index (χ1n) is 11.8. The molecule has 1 amide bonds. The third-order valence-corrected chi connectivity index (χ3v) is 7.54. The van der Waals surface area contributed by atoms with Gasteiger partial charge in [-0.05, 0) is 36.6 Å². The molecule has 3 aromatic rings. The molecule has 1 atom stereocenters. The van der Waals surface area contributed by atoms with E-state index in [1.54, 1.807) is 27.5 Å². The lowest BCUT2D eigenvalue weighted by Gasteiger charge is -2.45. The highest BCUT2D eigenvalue weighted by Gasteiger charge is 2.39. The molecule has 2 aliphatic heterocycles. The van der Waals surface area contributed by atoms with Crippen molar-refractivity contribution < 1.29 is 19.1 Å². The summed E-state index contributed by atoms with van der Waals surface area (Å²) in [5.74, 6) is -0.163. The molecule has 0 N–H and O–H groups in total. The normalized spacial score (nSPS) is 16.7. The number of hydrogen-bond acceptors (Lipinski definition) is 7. The number of hydrogen-bond donors (Lipinski definition) is 0. The molecule has 3 heterocycles. The Morgan fingerprint density at radius 1 is 1.06 bits per heavy atom. The third-order valence-electron chi connectivity index (χ3n) is 6.41. The van der Waals surface area contributed by atoms with E-state index in [9.17, 15) is 14.4 Å². The van der Waals surface area contributed by atoms with Crippen LogP contribution in [0.3, 0.4) is 0 Å². The van der Waals surface area contributed by atoms with Crippen molar-refractivity contribution in [3.05, 3.63) is 93.4 Å². The van der Waals surface area contributed by atoms with Crippen LogP contribution >= 0.6 is 11.8 Å². The lowest BCUT2D eigenvalue weighted by molar-refractivity contribution is -0.147. The van der Waals surface area contributed by atoms with Crippen molar-refractivity contribution >= 4 is 23.6 Å². The zero-order valence-electron chi connectivity index (χ0n) is 20.3. The number of carbonyl (C=O) groups is 2. The zero-order valence-corrected chi connectivity index (χ0v) is 21.2. The van der Waals surface area contributed by atoms with Gasteiger partial charge < -0.3 is 14.4 Å². The van der Waals surface area contributed by atoms with Gasteiger partial charge in [0.2, 0.25) is 18.0 Å². The van der Waals surface area contributed by atoms with Crippen LogP contribution < -0.4 is 15.2 Å². The van der Waals surface area contributed by atoms with Crippen LogP contribution in [-0.4, -0.2) is 41.0 Å². The Bertz CT molecular complexity index is 1340. The molecule has 186 valence electrons. The Hall–Kier alpha value is -3.72.